The maximum absolute atomic E-state index is 5.78. The van der Waals surface area contributed by atoms with E-state index in [4.69, 9.17) is 9.73 Å². The van der Waals surface area contributed by atoms with Gasteiger partial charge in [-0.05, 0) is 50.3 Å². The summed E-state index contributed by atoms with van der Waals surface area (Å²) >= 11 is 0. The predicted molar refractivity (Wildman–Crippen MR) is 136 cm³/mol. The average Bonchev–Trinajstić information content (AvgIpc) is 2.96. The zero-order valence-electron chi connectivity index (χ0n) is 19.2. The number of nitrogens with one attached hydrogen (secondary N) is 2. The molecule has 0 saturated carbocycles. The van der Waals surface area contributed by atoms with E-state index in [1.54, 1.807) is 0 Å². The van der Waals surface area contributed by atoms with E-state index in [-0.39, 0.29) is 30.0 Å². The standard InChI is InChI=1S/C23H36N6O.HI/c1-5-24-23(25-15-22-28-27-21-9-7-6-8-14-29(21)22)26-18(4)19-10-12-20(13-11-19)30-16-17(2)3;/h10-13,17-18H,5-9,14-16H2,1-4H3,(H2,24,25,26);1H. The molecular weight excluding hydrogens is 503 g/mol. The number of guanidine groups is 1. The van der Waals surface area contributed by atoms with Gasteiger partial charge in [0.25, 0.3) is 0 Å². The summed E-state index contributed by atoms with van der Waals surface area (Å²) in [7, 11) is 0. The van der Waals surface area contributed by atoms with E-state index in [1.165, 1.54) is 24.8 Å². The van der Waals surface area contributed by atoms with Crippen LogP contribution in [0, 0.1) is 5.92 Å². The Morgan fingerprint density at radius 3 is 2.61 bits per heavy atom. The van der Waals surface area contributed by atoms with Gasteiger partial charge < -0.3 is 19.9 Å². The predicted octanol–water partition coefficient (Wildman–Crippen LogP) is 4.47. The first-order valence-corrected chi connectivity index (χ1v) is 11.3. The van der Waals surface area contributed by atoms with E-state index < -0.39 is 0 Å². The lowest BCUT2D eigenvalue weighted by Crippen LogP contribution is -2.38. The summed E-state index contributed by atoms with van der Waals surface area (Å²) < 4.78 is 8.03. The van der Waals surface area contributed by atoms with Gasteiger partial charge in [0.2, 0.25) is 0 Å². The quantitative estimate of drug-likeness (QED) is 0.294. The van der Waals surface area contributed by atoms with Crippen molar-refractivity contribution >= 4 is 29.9 Å². The molecule has 1 aliphatic rings. The minimum Gasteiger partial charge on any atom is -0.493 e. The van der Waals surface area contributed by atoms with Crippen molar-refractivity contribution < 1.29 is 4.74 Å². The molecule has 2 N–H and O–H groups in total. The zero-order valence-corrected chi connectivity index (χ0v) is 21.6. The van der Waals surface area contributed by atoms with Crippen LogP contribution >= 0.6 is 24.0 Å². The van der Waals surface area contributed by atoms with Gasteiger partial charge in [-0.1, -0.05) is 32.4 Å². The zero-order chi connectivity index (χ0) is 21.3. The minimum absolute atomic E-state index is 0. The first-order valence-electron chi connectivity index (χ1n) is 11.3. The van der Waals surface area contributed by atoms with E-state index >= 15 is 0 Å². The number of aromatic nitrogens is 3. The monoisotopic (exact) mass is 540 g/mol. The van der Waals surface area contributed by atoms with Crippen molar-refractivity contribution in [1.82, 2.24) is 25.4 Å². The summed E-state index contributed by atoms with van der Waals surface area (Å²) in [6.45, 7) is 11.6. The maximum atomic E-state index is 5.78. The normalized spacial score (nSPS) is 14.9. The van der Waals surface area contributed by atoms with E-state index in [1.807, 2.05) is 12.1 Å². The molecule has 2 aromatic rings. The van der Waals surface area contributed by atoms with Crippen molar-refractivity contribution in [1.29, 1.82) is 0 Å². The van der Waals surface area contributed by atoms with E-state index in [0.717, 1.165) is 49.5 Å². The van der Waals surface area contributed by atoms with Crippen molar-refractivity contribution in [2.45, 2.75) is 72.5 Å². The van der Waals surface area contributed by atoms with Crippen LogP contribution in [-0.2, 0) is 19.5 Å². The lowest BCUT2D eigenvalue weighted by molar-refractivity contribution is 0.271. The van der Waals surface area contributed by atoms with Crippen molar-refractivity contribution in [2.24, 2.45) is 10.9 Å². The highest BCUT2D eigenvalue weighted by molar-refractivity contribution is 14.0. The molecule has 0 fully saturated rings. The van der Waals surface area contributed by atoms with Crippen molar-refractivity contribution in [2.75, 3.05) is 13.2 Å². The molecule has 0 aliphatic carbocycles. The first-order chi connectivity index (χ1) is 14.6. The molecule has 8 heteroatoms. The molecule has 31 heavy (non-hydrogen) atoms. The Morgan fingerprint density at radius 1 is 1.13 bits per heavy atom. The van der Waals surface area contributed by atoms with E-state index in [9.17, 15) is 0 Å². The van der Waals surface area contributed by atoms with Gasteiger partial charge >= 0.3 is 0 Å². The number of ether oxygens (including phenoxy) is 1. The lowest BCUT2D eigenvalue weighted by atomic mass is 10.1. The second-order valence-corrected chi connectivity index (χ2v) is 8.33. The number of halogens is 1. The van der Waals surface area contributed by atoms with Crippen molar-refractivity contribution in [3.05, 3.63) is 41.5 Å². The third-order valence-electron chi connectivity index (χ3n) is 5.23. The Kier molecular flexibility index (Phi) is 10.6. The topological polar surface area (TPSA) is 76.4 Å². The second-order valence-electron chi connectivity index (χ2n) is 8.33. The highest BCUT2D eigenvalue weighted by atomic mass is 127. The largest absolute Gasteiger partial charge is 0.493 e. The Hall–Kier alpha value is -1.84. The summed E-state index contributed by atoms with van der Waals surface area (Å²) in [6, 6.07) is 8.40. The molecule has 1 aromatic carbocycles. The SMILES string of the molecule is CCNC(=NCc1nnc2n1CCCCC2)NC(C)c1ccc(OCC(C)C)cc1.I. The summed E-state index contributed by atoms with van der Waals surface area (Å²) in [5, 5.41) is 15.6. The number of hydrogen-bond acceptors (Lipinski definition) is 4. The van der Waals surface area contributed by atoms with Crippen LogP contribution < -0.4 is 15.4 Å². The summed E-state index contributed by atoms with van der Waals surface area (Å²) in [5.41, 5.74) is 1.19. The molecule has 0 radical (unpaired) electrons. The number of benzene rings is 1. The molecule has 3 rings (SSSR count). The molecule has 0 bridgehead atoms. The number of fused-ring (bicyclic) bond motifs is 1. The van der Waals surface area contributed by atoms with Gasteiger partial charge in [-0.25, -0.2) is 4.99 Å². The highest BCUT2D eigenvalue weighted by Crippen LogP contribution is 2.18. The van der Waals surface area contributed by atoms with Crippen LogP contribution in [-0.4, -0.2) is 33.9 Å². The molecule has 2 heterocycles. The van der Waals surface area contributed by atoms with Gasteiger partial charge in [-0.2, -0.15) is 0 Å². The van der Waals surface area contributed by atoms with Crippen molar-refractivity contribution in [3.8, 4) is 5.75 Å². The van der Waals surface area contributed by atoms with Gasteiger partial charge in [0, 0.05) is 19.5 Å². The molecule has 0 amide bonds. The summed E-state index contributed by atoms with van der Waals surface area (Å²) in [4.78, 5) is 4.77. The third-order valence-corrected chi connectivity index (χ3v) is 5.23. The average molecular weight is 540 g/mol. The van der Waals surface area contributed by atoms with Crippen LogP contribution in [0.1, 0.15) is 70.2 Å². The Balaban J connectivity index is 0.00000341. The molecule has 1 unspecified atom stereocenters. The molecule has 1 aromatic heterocycles. The van der Waals surface area contributed by atoms with Crippen LogP contribution in [0.25, 0.3) is 0 Å². The number of aliphatic imine (C=N–C) groups is 1. The molecule has 0 spiro atoms. The minimum atomic E-state index is 0. The molecule has 1 aliphatic heterocycles. The highest BCUT2D eigenvalue weighted by Gasteiger charge is 2.15. The van der Waals surface area contributed by atoms with Gasteiger partial charge in [-0.3, -0.25) is 0 Å². The van der Waals surface area contributed by atoms with E-state index in [0.29, 0.717) is 12.5 Å². The third kappa shape index (κ3) is 7.66. The molecule has 7 nitrogen and oxygen atoms in total. The maximum Gasteiger partial charge on any atom is 0.192 e. The second kappa shape index (κ2) is 12.9. The fourth-order valence-corrected chi connectivity index (χ4v) is 3.54. The molecule has 0 saturated heterocycles. The Labute approximate surface area is 203 Å². The number of rotatable bonds is 8. The molecule has 172 valence electrons. The lowest BCUT2D eigenvalue weighted by Gasteiger charge is -2.19. The fourth-order valence-electron chi connectivity index (χ4n) is 3.54. The fraction of sp³-hybridized carbons (Fsp3) is 0.609. The van der Waals surface area contributed by atoms with Gasteiger partial charge in [0.1, 0.15) is 18.1 Å². The van der Waals surface area contributed by atoms with Gasteiger partial charge in [-0.15, -0.1) is 34.2 Å². The smallest absolute Gasteiger partial charge is 0.192 e. The molecular formula is C23H37IN6O. The number of hydrogen-bond donors (Lipinski definition) is 2. The number of nitrogens with zero attached hydrogens (tertiary/aromatic N) is 4. The van der Waals surface area contributed by atoms with Crippen LogP contribution in [0.5, 0.6) is 5.75 Å². The summed E-state index contributed by atoms with van der Waals surface area (Å²) in [6.07, 6.45) is 4.66. The van der Waals surface area contributed by atoms with Crippen LogP contribution in [0.4, 0.5) is 0 Å². The Morgan fingerprint density at radius 2 is 1.90 bits per heavy atom. The summed E-state index contributed by atoms with van der Waals surface area (Å²) in [5.74, 6) is 4.26. The van der Waals surface area contributed by atoms with Gasteiger partial charge in [0.15, 0.2) is 11.8 Å². The van der Waals surface area contributed by atoms with Crippen molar-refractivity contribution in [3.63, 3.8) is 0 Å². The Bertz CT molecular complexity index is 818. The van der Waals surface area contributed by atoms with E-state index in [2.05, 4.69) is 65.2 Å². The van der Waals surface area contributed by atoms with Gasteiger partial charge in [0.05, 0.1) is 12.6 Å². The number of aryl methyl sites for hydroxylation is 1. The van der Waals surface area contributed by atoms with Crippen LogP contribution in [0.15, 0.2) is 29.3 Å². The molecule has 1 atom stereocenters. The van der Waals surface area contributed by atoms with Crippen LogP contribution in [0.2, 0.25) is 0 Å². The van der Waals surface area contributed by atoms with Crippen LogP contribution in [0.3, 0.4) is 0 Å². The first kappa shape index (κ1) is 25.4.